The van der Waals surface area contributed by atoms with Gasteiger partial charge in [-0.15, -0.1) is 0 Å². The summed E-state index contributed by atoms with van der Waals surface area (Å²) in [6.07, 6.45) is 1.28. The minimum absolute atomic E-state index is 0.500. The van der Waals surface area contributed by atoms with Gasteiger partial charge in [-0.1, -0.05) is 13.8 Å². The second kappa shape index (κ2) is 3.28. The van der Waals surface area contributed by atoms with Gasteiger partial charge in [0.2, 0.25) is 0 Å². The summed E-state index contributed by atoms with van der Waals surface area (Å²) >= 11 is 2.19. The summed E-state index contributed by atoms with van der Waals surface area (Å²) in [5.74, 6) is 1.03. The van der Waals surface area contributed by atoms with E-state index in [2.05, 4.69) is 41.8 Å². The summed E-state index contributed by atoms with van der Waals surface area (Å²) in [6.45, 7) is 5.43. The van der Waals surface area contributed by atoms with E-state index in [1.807, 2.05) is 12.1 Å². The van der Waals surface area contributed by atoms with Crippen LogP contribution in [0.15, 0.2) is 16.5 Å². The lowest BCUT2D eigenvalue weighted by atomic mass is 10.2. The normalized spacial score (nSPS) is 24.7. The van der Waals surface area contributed by atoms with Crippen LogP contribution in [0.3, 0.4) is 0 Å². The predicted molar refractivity (Wildman–Crippen MR) is 60.5 cm³/mol. The molecule has 2 nitrogen and oxygen atoms in total. The van der Waals surface area contributed by atoms with Crippen LogP contribution in [0.5, 0.6) is 0 Å². The van der Waals surface area contributed by atoms with Gasteiger partial charge in [-0.05, 0) is 46.6 Å². The molecular weight excluding hydrogens is 277 g/mol. The first-order valence-electron chi connectivity index (χ1n) is 4.55. The topological polar surface area (TPSA) is 25.2 Å². The Morgan fingerprint density at radius 1 is 1.62 bits per heavy atom. The zero-order chi connectivity index (χ0) is 9.47. The second-order valence-corrected chi connectivity index (χ2v) is 5.40. The molecule has 1 unspecified atom stereocenters. The Balaban J connectivity index is 1.81. The van der Waals surface area contributed by atoms with Gasteiger partial charge in [-0.3, -0.25) is 0 Å². The van der Waals surface area contributed by atoms with Crippen LogP contribution in [0, 0.1) is 9.18 Å². The maximum atomic E-state index is 5.45. The van der Waals surface area contributed by atoms with Gasteiger partial charge in [0, 0.05) is 6.04 Å². The molecule has 1 aromatic rings. The van der Waals surface area contributed by atoms with E-state index in [1.165, 1.54) is 6.42 Å². The molecular formula is C10H14INO. The molecule has 1 N–H and O–H groups in total. The molecule has 0 aromatic carbocycles. The fraction of sp³-hybridized carbons (Fsp3) is 0.600. The van der Waals surface area contributed by atoms with Crippen molar-refractivity contribution in [1.29, 1.82) is 0 Å². The van der Waals surface area contributed by atoms with Gasteiger partial charge in [-0.2, -0.15) is 0 Å². The molecule has 0 bridgehead atoms. The predicted octanol–water partition coefficient (Wildman–Crippen LogP) is 2.77. The summed E-state index contributed by atoms with van der Waals surface area (Å²) in [5, 5.41) is 3.48. The van der Waals surface area contributed by atoms with Gasteiger partial charge >= 0.3 is 0 Å². The van der Waals surface area contributed by atoms with E-state index in [9.17, 15) is 0 Å². The molecule has 0 spiro atoms. The van der Waals surface area contributed by atoms with Gasteiger partial charge in [-0.25, -0.2) is 0 Å². The highest BCUT2D eigenvalue weighted by atomic mass is 127. The highest BCUT2D eigenvalue weighted by Gasteiger charge is 2.45. The molecule has 1 aromatic heterocycles. The summed E-state index contributed by atoms with van der Waals surface area (Å²) in [6, 6.07) is 4.70. The van der Waals surface area contributed by atoms with Crippen molar-refractivity contribution < 1.29 is 4.42 Å². The number of hydrogen-bond donors (Lipinski definition) is 1. The average molecular weight is 291 g/mol. The lowest BCUT2D eigenvalue weighted by Gasteiger charge is -2.03. The zero-order valence-electron chi connectivity index (χ0n) is 7.93. The van der Waals surface area contributed by atoms with Crippen molar-refractivity contribution in [2.45, 2.75) is 32.9 Å². The molecule has 1 fully saturated rings. The third-order valence-electron chi connectivity index (χ3n) is 2.66. The first-order valence-corrected chi connectivity index (χ1v) is 5.63. The Morgan fingerprint density at radius 2 is 2.31 bits per heavy atom. The highest BCUT2D eigenvalue weighted by Crippen LogP contribution is 2.44. The Bertz CT molecular complexity index is 306. The molecule has 1 saturated carbocycles. The number of rotatable bonds is 3. The zero-order valence-corrected chi connectivity index (χ0v) is 10.1. The van der Waals surface area contributed by atoms with Crippen LogP contribution in [-0.4, -0.2) is 6.04 Å². The molecule has 72 valence electrons. The van der Waals surface area contributed by atoms with Gasteiger partial charge in [0.1, 0.15) is 5.76 Å². The van der Waals surface area contributed by atoms with E-state index in [4.69, 9.17) is 4.42 Å². The highest BCUT2D eigenvalue weighted by molar-refractivity contribution is 14.1. The van der Waals surface area contributed by atoms with Crippen LogP contribution in [0.25, 0.3) is 0 Å². The van der Waals surface area contributed by atoms with Crippen molar-refractivity contribution in [2.24, 2.45) is 5.41 Å². The minimum atomic E-state index is 0.500. The van der Waals surface area contributed by atoms with Crippen LogP contribution in [-0.2, 0) is 6.54 Å². The Hall–Kier alpha value is -0.0300. The van der Waals surface area contributed by atoms with Crippen LogP contribution in [0.1, 0.15) is 26.0 Å². The molecule has 13 heavy (non-hydrogen) atoms. The van der Waals surface area contributed by atoms with Gasteiger partial charge in [0.05, 0.1) is 6.54 Å². The Morgan fingerprint density at radius 3 is 2.77 bits per heavy atom. The molecule has 0 saturated heterocycles. The van der Waals surface area contributed by atoms with E-state index < -0.39 is 0 Å². The molecule has 1 atom stereocenters. The smallest absolute Gasteiger partial charge is 0.164 e. The largest absolute Gasteiger partial charge is 0.454 e. The van der Waals surface area contributed by atoms with E-state index in [-0.39, 0.29) is 0 Å². The monoisotopic (exact) mass is 291 g/mol. The maximum Gasteiger partial charge on any atom is 0.164 e. The first-order chi connectivity index (χ1) is 6.08. The van der Waals surface area contributed by atoms with Gasteiger partial charge < -0.3 is 9.73 Å². The Kier molecular flexibility index (Phi) is 2.40. The van der Waals surface area contributed by atoms with Gasteiger partial charge in [0.15, 0.2) is 3.77 Å². The van der Waals surface area contributed by atoms with E-state index >= 15 is 0 Å². The number of halogens is 1. The Labute approximate surface area is 92.2 Å². The van der Waals surface area contributed by atoms with Gasteiger partial charge in [0.25, 0.3) is 0 Å². The maximum absolute atomic E-state index is 5.45. The fourth-order valence-electron chi connectivity index (χ4n) is 1.49. The van der Waals surface area contributed by atoms with Crippen molar-refractivity contribution in [3.63, 3.8) is 0 Å². The third kappa shape index (κ3) is 2.26. The van der Waals surface area contributed by atoms with Crippen molar-refractivity contribution in [3.8, 4) is 0 Å². The molecule has 1 aliphatic carbocycles. The molecule has 0 amide bonds. The molecule has 0 aliphatic heterocycles. The first kappa shape index (κ1) is 9.52. The van der Waals surface area contributed by atoms with Crippen LogP contribution < -0.4 is 5.32 Å². The number of furan rings is 1. The van der Waals surface area contributed by atoms with Crippen LogP contribution in [0.2, 0.25) is 0 Å². The SMILES string of the molecule is CC1(C)CC1NCc1ccc(I)o1. The summed E-state index contributed by atoms with van der Waals surface area (Å²) in [7, 11) is 0. The van der Waals surface area contributed by atoms with E-state index in [0.29, 0.717) is 11.5 Å². The van der Waals surface area contributed by atoms with Crippen molar-refractivity contribution in [2.75, 3.05) is 0 Å². The fourth-order valence-corrected chi connectivity index (χ4v) is 1.95. The van der Waals surface area contributed by atoms with Crippen LogP contribution in [0.4, 0.5) is 0 Å². The average Bonchev–Trinajstić information content (AvgIpc) is 2.45. The summed E-state index contributed by atoms with van der Waals surface area (Å²) in [4.78, 5) is 0. The van der Waals surface area contributed by atoms with E-state index in [1.54, 1.807) is 0 Å². The second-order valence-electron chi connectivity index (χ2n) is 4.33. The van der Waals surface area contributed by atoms with Crippen molar-refractivity contribution in [1.82, 2.24) is 5.32 Å². The quantitative estimate of drug-likeness (QED) is 0.866. The van der Waals surface area contributed by atoms with Crippen molar-refractivity contribution in [3.05, 3.63) is 21.7 Å². The molecule has 3 heteroatoms. The molecule has 2 rings (SSSR count). The lowest BCUT2D eigenvalue weighted by molar-refractivity contribution is 0.448. The molecule has 0 radical (unpaired) electrons. The molecule has 1 heterocycles. The van der Waals surface area contributed by atoms with Crippen molar-refractivity contribution >= 4 is 22.6 Å². The third-order valence-corrected chi connectivity index (χ3v) is 3.24. The molecule has 1 aliphatic rings. The lowest BCUT2D eigenvalue weighted by Crippen LogP contribution is -2.19. The number of nitrogens with one attached hydrogen (secondary N) is 1. The van der Waals surface area contributed by atoms with E-state index in [0.717, 1.165) is 16.1 Å². The summed E-state index contributed by atoms with van der Waals surface area (Å²) < 4.78 is 6.42. The summed E-state index contributed by atoms with van der Waals surface area (Å²) in [5.41, 5.74) is 0.500. The number of hydrogen-bond acceptors (Lipinski definition) is 2. The minimum Gasteiger partial charge on any atom is -0.454 e. The standard InChI is InChI=1S/C10H14INO/c1-10(2)5-8(10)12-6-7-3-4-9(11)13-7/h3-4,8,12H,5-6H2,1-2H3. The van der Waals surface area contributed by atoms with Crippen LogP contribution >= 0.6 is 22.6 Å².